The van der Waals surface area contributed by atoms with Crippen LogP contribution in [-0.2, 0) is 16.1 Å². The van der Waals surface area contributed by atoms with Gasteiger partial charge in [-0.1, -0.05) is 0 Å². The van der Waals surface area contributed by atoms with Crippen LogP contribution in [0.3, 0.4) is 0 Å². The van der Waals surface area contributed by atoms with Crippen LogP contribution in [-0.4, -0.2) is 78.5 Å². The number of thiophene rings is 1. The SMILES string of the molecule is CN(C)C(=O)N[C@@H]1CN(Cc2ccsc2)[C@@H]2CCCO[C@@H]21.O=C(O)C(F)(F)F. The number of rotatable bonds is 3. The number of likely N-dealkylation sites (tertiary alicyclic amines) is 1. The van der Waals surface area contributed by atoms with Crippen LogP contribution in [0.5, 0.6) is 0 Å². The highest BCUT2D eigenvalue weighted by molar-refractivity contribution is 7.07. The summed E-state index contributed by atoms with van der Waals surface area (Å²) in [4.78, 5) is 24.9. The third kappa shape index (κ3) is 6.08. The number of carbonyl (C=O) groups excluding carboxylic acids is 1. The molecule has 0 bridgehead atoms. The maximum atomic E-state index is 11.9. The second-order valence-corrected chi connectivity index (χ2v) is 7.64. The molecule has 0 unspecified atom stereocenters. The zero-order valence-electron chi connectivity index (χ0n) is 15.6. The molecular formula is C17H24F3N3O4S. The number of amides is 2. The Balaban J connectivity index is 0.000000345. The molecule has 28 heavy (non-hydrogen) atoms. The molecule has 158 valence electrons. The number of fused-ring (bicyclic) bond motifs is 1. The molecule has 7 nitrogen and oxygen atoms in total. The van der Waals surface area contributed by atoms with Gasteiger partial charge in [0.25, 0.3) is 0 Å². The van der Waals surface area contributed by atoms with Gasteiger partial charge in [0.1, 0.15) is 0 Å². The lowest BCUT2D eigenvalue weighted by molar-refractivity contribution is -0.192. The van der Waals surface area contributed by atoms with Crippen LogP contribution < -0.4 is 5.32 Å². The maximum Gasteiger partial charge on any atom is 0.490 e. The van der Waals surface area contributed by atoms with Crippen molar-refractivity contribution in [1.82, 2.24) is 15.1 Å². The van der Waals surface area contributed by atoms with E-state index in [1.54, 1.807) is 30.3 Å². The van der Waals surface area contributed by atoms with Gasteiger partial charge in [-0.3, -0.25) is 4.90 Å². The summed E-state index contributed by atoms with van der Waals surface area (Å²) in [6, 6.07) is 2.65. The fourth-order valence-electron chi connectivity index (χ4n) is 3.27. The summed E-state index contributed by atoms with van der Waals surface area (Å²) < 4.78 is 37.7. The van der Waals surface area contributed by atoms with Gasteiger partial charge in [0.2, 0.25) is 0 Å². The first-order valence-corrected chi connectivity index (χ1v) is 9.68. The van der Waals surface area contributed by atoms with Crippen molar-refractivity contribution in [2.75, 3.05) is 27.2 Å². The number of carboxylic acids is 1. The number of carbonyl (C=O) groups is 2. The average Bonchev–Trinajstić information content (AvgIpc) is 3.24. The number of nitrogens with one attached hydrogen (secondary N) is 1. The third-order valence-corrected chi connectivity index (χ3v) is 5.29. The van der Waals surface area contributed by atoms with Gasteiger partial charge in [0, 0.05) is 39.8 Å². The Hall–Kier alpha value is -1.85. The maximum absolute atomic E-state index is 11.9. The van der Waals surface area contributed by atoms with Crippen LogP contribution in [0.25, 0.3) is 0 Å². The molecule has 0 aliphatic carbocycles. The van der Waals surface area contributed by atoms with E-state index in [1.165, 1.54) is 5.56 Å². The molecule has 2 amide bonds. The first-order chi connectivity index (χ1) is 13.1. The van der Waals surface area contributed by atoms with Gasteiger partial charge < -0.3 is 20.1 Å². The molecule has 0 radical (unpaired) electrons. The minimum Gasteiger partial charge on any atom is -0.475 e. The van der Waals surface area contributed by atoms with Gasteiger partial charge >= 0.3 is 18.2 Å². The van der Waals surface area contributed by atoms with Crippen molar-refractivity contribution >= 4 is 23.3 Å². The zero-order valence-corrected chi connectivity index (χ0v) is 16.4. The Morgan fingerprint density at radius 3 is 2.64 bits per heavy atom. The first-order valence-electron chi connectivity index (χ1n) is 8.74. The fraction of sp³-hybridized carbons (Fsp3) is 0.647. The average molecular weight is 423 g/mol. The summed E-state index contributed by atoms with van der Waals surface area (Å²) in [5.41, 5.74) is 1.35. The Morgan fingerprint density at radius 2 is 2.11 bits per heavy atom. The van der Waals surface area contributed by atoms with Crippen molar-refractivity contribution in [2.24, 2.45) is 0 Å². The number of aliphatic carboxylic acids is 1. The molecule has 2 saturated heterocycles. The highest BCUT2D eigenvalue weighted by atomic mass is 32.1. The number of alkyl halides is 3. The van der Waals surface area contributed by atoms with E-state index >= 15 is 0 Å². The van der Waals surface area contributed by atoms with E-state index in [4.69, 9.17) is 14.6 Å². The lowest BCUT2D eigenvalue weighted by Gasteiger charge is -2.32. The quantitative estimate of drug-likeness (QED) is 0.780. The Bertz CT molecular complexity index is 655. The smallest absolute Gasteiger partial charge is 0.475 e. The summed E-state index contributed by atoms with van der Waals surface area (Å²) in [7, 11) is 3.54. The molecule has 11 heteroatoms. The Kier molecular flexibility index (Phi) is 7.67. The van der Waals surface area contributed by atoms with Gasteiger partial charge in [-0.05, 0) is 35.2 Å². The predicted molar refractivity (Wildman–Crippen MR) is 97.2 cm³/mol. The van der Waals surface area contributed by atoms with E-state index in [0.29, 0.717) is 6.04 Å². The second kappa shape index (κ2) is 9.57. The van der Waals surface area contributed by atoms with Crippen molar-refractivity contribution in [3.05, 3.63) is 22.4 Å². The highest BCUT2D eigenvalue weighted by Crippen LogP contribution is 2.30. The molecule has 1 aromatic rings. The molecule has 0 saturated carbocycles. The number of halogens is 3. The number of nitrogens with zero attached hydrogens (tertiary/aromatic N) is 2. The standard InChI is InChI=1S/C15H23N3O2S.C2HF3O2/c1-17(2)15(19)16-12-9-18(8-11-5-7-21-10-11)13-4-3-6-20-14(12)13;3-2(4,5)1(6)7/h5,7,10,12-14H,3-4,6,8-9H2,1-2H3,(H,16,19);(H,6,7)/t12-,13-,14-;/m1./s1. The van der Waals surface area contributed by atoms with Gasteiger partial charge in [-0.2, -0.15) is 24.5 Å². The molecule has 3 heterocycles. The molecular weight excluding hydrogens is 399 g/mol. The van der Waals surface area contributed by atoms with E-state index in [9.17, 15) is 18.0 Å². The number of ether oxygens (including phenoxy) is 1. The number of carboxylic acid groups (broad SMARTS) is 1. The second-order valence-electron chi connectivity index (χ2n) is 6.86. The number of hydrogen-bond acceptors (Lipinski definition) is 5. The Labute approximate surface area is 165 Å². The molecule has 2 fully saturated rings. The molecule has 2 N–H and O–H groups in total. The molecule has 2 aliphatic heterocycles. The predicted octanol–water partition coefficient (Wildman–Crippen LogP) is 2.38. The summed E-state index contributed by atoms with van der Waals surface area (Å²) in [6.07, 6.45) is -2.69. The summed E-state index contributed by atoms with van der Waals surface area (Å²) in [5, 5.41) is 14.6. The summed E-state index contributed by atoms with van der Waals surface area (Å²) >= 11 is 1.73. The van der Waals surface area contributed by atoms with Crippen LogP contribution in [0, 0.1) is 0 Å². The number of hydrogen-bond donors (Lipinski definition) is 2. The molecule has 0 spiro atoms. The van der Waals surface area contributed by atoms with Gasteiger partial charge in [0.05, 0.1) is 12.1 Å². The Morgan fingerprint density at radius 1 is 1.43 bits per heavy atom. The van der Waals surface area contributed by atoms with E-state index < -0.39 is 12.1 Å². The van der Waals surface area contributed by atoms with Crippen molar-refractivity contribution in [2.45, 2.75) is 43.8 Å². The van der Waals surface area contributed by atoms with Gasteiger partial charge in [-0.15, -0.1) is 0 Å². The van der Waals surface area contributed by atoms with E-state index in [1.807, 2.05) is 0 Å². The highest BCUT2D eigenvalue weighted by Gasteiger charge is 2.44. The van der Waals surface area contributed by atoms with Crippen LogP contribution in [0.1, 0.15) is 18.4 Å². The molecule has 3 rings (SSSR count). The summed E-state index contributed by atoms with van der Waals surface area (Å²) in [6.45, 7) is 2.62. The van der Waals surface area contributed by atoms with E-state index in [-0.39, 0.29) is 18.2 Å². The normalized spacial score (nSPS) is 24.7. The molecule has 1 aromatic heterocycles. The minimum atomic E-state index is -5.08. The monoisotopic (exact) mass is 423 g/mol. The van der Waals surface area contributed by atoms with Crippen molar-refractivity contribution < 1.29 is 32.6 Å². The minimum absolute atomic E-state index is 0.0368. The largest absolute Gasteiger partial charge is 0.490 e. The summed E-state index contributed by atoms with van der Waals surface area (Å²) in [5.74, 6) is -2.76. The van der Waals surface area contributed by atoms with Crippen LogP contribution >= 0.6 is 11.3 Å². The van der Waals surface area contributed by atoms with Crippen molar-refractivity contribution in [3.8, 4) is 0 Å². The molecule has 2 aliphatic rings. The van der Waals surface area contributed by atoms with E-state index in [2.05, 4.69) is 27.0 Å². The van der Waals surface area contributed by atoms with Crippen molar-refractivity contribution in [3.63, 3.8) is 0 Å². The lowest BCUT2D eigenvalue weighted by Crippen LogP contribution is -2.50. The van der Waals surface area contributed by atoms with Crippen LogP contribution in [0.15, 0.2) is 16.8 Å². The fourth-order valence-corrected chi connectivity index (χ4v) is 3.93. The van der Waals surface area contributed by atoms with Crippen LogP contribution in [0.4, 0.5) is 18.0 Å². The van der Waals surface area contributed by atoms with Gasteiger partial charge in [0.15, 0.2) is 0 Å². The van der Waals surface area contributed by atoms with E-state index in [0.717, 1.165) is 32.5 Å². The lowest BCUT2D eigenvalue weighted by atomic mass is 10.0. The third-order valence-electron chi connectivity index (χ3n) is 4.55. The topological polar surface area (TPSA) is 82.1 Å². The number of urea groups is 1. The van der Waals surface area contributed by atoms with Gasteiger partial charge in [-0.25, -0.2) is 9.59 Å². The van der Waals surface area contributed by atoms with Crippen molar-refractivity contribution in [1.29, 1.82) is 0 Å². The van der Waals surface area contributed by atoms with Crippen LogP contribution in [0.2, 0.25) is 0 Å². The molecule has 0 aromatic carbocycles. The molecule has 3 atom stereocenters. The zero-order chi connectivity index (χ0) is 20.9. The first kappa shape index (κ1) is 22.4.